The molecule has 1 N–H and O–H groups in total. The normalized spacial score (nSPS) is 24.7. The Morgan fingerprint density at radius 2 is 2.07 bits per heavy atom. The molecule has 1 aromatic heterocycles. The van der Waals surface area contributed by atoms with E-state index in [2.05, 4.69) is 48.4 Å². The summed E-state index contributed by atoms with van der Waals surface area (Å²) in [5.41, 5.74) is 6.37. The Morgan fingerprint density at radius 3 is 2.79 bits per heavy atom. The van der Waals surface area contributed by atoms with E-state index in [9.17, 15) is 14.4 Å². The van der Waals surface area contributed by atoms with Crippen LogP contribution in [0.5, 0.6) is 0 Å². The summed E-state index contributed by atoms with van der Waals surface area (Å²) < 4.78 is 14.5. The summed E-state index contributed by atoms with van der Waals surface area (Å²) in [6.45, 7) is 12.3. The monoisotopic (exact) mass is 561 g/mol. The molecule has 215 valence electrons. The zero-order valence-electron chi connectivity index (χ0n) is 24.6. The van der Waals surface area contributed by atoms with E-state index in [0.717, 1.165) is 71.0 Å². The summed E-state index contributed by atoms with van der Waals surface area (Å²) in [7, 11) is 0. The molecule has 0 spiro atoms. The molecule has 2 heterocycles. The number of allylic oxidation sites excluding steroid dienone is 5. The first-order chi connectivity index (χ1) is 20.1. The molecule has 3 aliphatic carbocycles. The van der Waals surface area contributed by atoms with Gasteiger partial charge in [0.25, 0.3) is 5.91 Å². The summed E-state index contributed by atoms with van der Waals surface area (Å²) in [5.74, 6) is -0.479. The van der Waals surface area contributed by atoms with Crippen LogP contribution in [0.3, 0.4) is 0 Å². The van der Waals surface area contributed by atoms with Gasteiger partial charge in [-0.3, -0.25) is 4.79 Å². The maximum absolute atomic E-state index is 14.5. The molecular weight excluding hydrogens is 523 g/mol. The molecule has 0 saturated carbocycles. The number of rotatable bonds is 7. The van der Waals surface area contributed by atoms with Gasteiger partial charge in [0.05, 0.1) is 22.5 Å². The minimum atomic E-state index is -0.689. The largest absolute Gasteiger partial charge is 0.371 e. The van der Waals surface area contributed by atoms with Crippen LogP contribution in [0.4, 0.5) is 10.1 Å². The molecule has 1 unspecified atom stereocenters. The number of carbonyl (C=O) groups excluding carboxylic acids is 1. The molecule has 5 nitrogen and oxygen atoms in total. The number of anilines is 1. The van der Waals surface area contributed by atoms with Gasteiger partial charge in [-0.05, 0) is 80.7 Å². The number of benzene rings is 1. The number of nitrogens with one attached hydrogen (secondary N) is 1. The van der Waals surface area contributed by atoms with Gasteiger partial charge in [-0.1, -0.05) is 54.5 Å². The van der Waals surface area contributed by atoms with Gasteiger partial charge in [0.2, 0.25) is 0 Å². The van der Waals surface area contributed by atoms with Gasteiger partial charge >= 0.3 is 0 Å². The van der Waals surface area contributed by atoms with Crippen LogP contribution in [0, 0.1) is 34.4 Å². The lowest BCUT2D eigenvalue weighted by atomic mass is 9.76. The minimum absolute atomic E-state index is 0. The lowest BCUT2D eigenvalue weighted by Crippen LogP contribution is -2.41. The van der Waals surface area contributed by atoms with Gasteiger partial charge in [-0.25, -0.2) is 9.37 Å². The first-order valence-corrected chi connectivity index (χ1v) is 14.7. The maximum atomic E-state index is 14.5. The molecule has 2 atom stereocenters. The Morgan fingerprint density at radius 1 is 1.26 bits per heavy atom. The van der Waals surface area contributed by atoms with E-state index in [4.69, 9.17) is 4.98 Å². The first kappa shape index (κ1) is 27.9. The van der Waals surface area contributed by atoms with E-state index >= 15 is 0 Å². The van der Waals surface area contributed by atoms with Gasteiger partial charge < -0.3 is 10.2 Å². The molecule has 1 aliphatic heterocycles. The summed E-state index contributed by atoms with van der Waals surface area (Å²) >= 11 is 0. The van der Waals surface area contributed by atoms with Crippen LogP contribution in [-0.4, -0.2) is 30.5 Å². The lowest BCUT2D eigenvalue weighted by molar-refractivity contribution is -0.117. The van der Waals surface area contributed by atoms with E-state index in [0.29, 0.717) is 18.5 Å². The van der Waals surface area contributed by atoms with Crippen LogP contribution in [-0.2, 0) is 4.79 Å². The topological polar surface area (TPSA) is 69.0 Å². The molecule has 6 rings (SSSR count). The lowest BCUT2D eigenvalue weighted by Gasteiger charge is -2.33. The summed E-state index contributed by atoms with van der Waals surface area (Å²) in [5, 5.41) is 15.0. The van der Waals surface area contributed by atoms with E-state index in [-0.39, 0.29) is 18.6 Å². The quantitative estimate of drug-likeness (QED) is 0.348. The van der Waals surface area contributed by atoms with Gasteiger partial charge in [-0.15, -0.1) is 0 Å². The number of halogens is 1. The van der Waals surface area contributed by atoms with Gasteiger partial charge in [0.1, 0.15) is 5.82 Å². The van der Waals surface area contributed by atoms with Crippen molar-refractivity contribution in [2.24, 2.45) is 10.8 Å². The number of carbonyl (C=O) groups is 1. The van der Waals surface area contributed by atoms with Crippen molar-refractivity contribution in [3.05, 3.63) is 99.7 Å². The maximum Gasteiger partial charge on any atom is 0.251 e. The van der Waals surface area contributed by atoms with Crippen molar-refractivity contribution in [2.45, 2.75) is 46.5 Å². The highest BCUT2D eigenvalue weighted by Crippen LogP contribution is 2.50. The molecule has 4 aliphatic rings. The Hall–Kier alpha value is -4.24. The highest BCUT2D eigenvalue weighted by atomic mass is 19.1. The Balaban J connectivity index is 0.00000368. The van der Waals surface area contributed by atoms with Crippen molar-refractivity contribution in [3.63, 3.8) is 0 Å². The molecular formula is C36H38FN4O. The number of aromatic nitrogens is 1. The number of nitrogens with zero attached hydrogens (tertiary/aromatic N) is 3. The third-order valence-corrected chi connectivity index (χ3v) is 9.04. The van der Waals surface area contributed by atoms with Crippen molar-refractivity contribution in [1.29, 1.82) is 5.26 Å². The van der Waals surface area contributed by atoms with Crippen LogP contribution in [0.2, 0.25) is 0 Å². The second-order valence-electron chi connectivity index (χ2n) is 12.6. The third-order valence-electron chi connectivity index (χ3n) is 9.04. The molecule has 1 aromatic carbocycles. The van der Waals surface area contributed by atoms with Crippen molar-refractivity contribution >= 4 is 23.7 Å². The zero-order valence-corrected chi connectivity index (χ0v) is 24.6. The zero-order chi connectivity index (χ0) is 29.6. The third kappa shape index (κ3) is 5.36. The molecule has 1 saturated heterocycles. The fourth-order valence-electron chi connectivity index (χ4n) is 6.24. The van der Waals surface area contributed by atoms with Crippen LogP contribution in [0.15, 0.2) is 76.9 Å². The van der Waals surface area contributed by atoms with Crippen molar-refractivity contribution in [2.75, 3.05) is 24.5 Å². The molecule has 1 radical (unpaired) electrons. The second-order valence-corrected chi connectivity index (χ2v) is 12.6. The van der Waals surface area contributed by atoms with Crippen molar-refractivity contribution in [1.82, 2.24) is 10.3 Å². The minimum Gasteiger partial charge on any atom is -0.371 e. The fourth-order valence-corrected chi connectivity index (χ4v) is 6.24. The summed E-state index contributed by atoms with van der Waals surface area (Å²) in [6.07, 6.45) is 13.2. The number of hydrogen-bond acceptors (Lipinski definition) is 4. The average Bonchev–Trinajstić information content (AvgIpc) is 3.67. The van der Waals surface area contributed by atoms with E-state index < -0.39 is 5.41 Å². The summed E-state index contributed by atoms with van der Waals surface area (Å²) in [4.78, 5) is 20.5. The van der Waals surface area contributed by atoms with Crippen LogP contribution in [0.25, 0.3) is 23.4 Å². The molecule has 1 fully saturated rings. The average molecular weight is 562 g/mol. The van der Waals surface area contributed by atoms with Crippen LogP contribution < -0.4 is 20.8 Å². The second kappa shape index (κ2) is 10.5. The molecule has 42 heavy (non-hydrogen) atoms. The van der Waals surface area contributed by atoms with E-state index in [1.54, 1.807) is 12.1 Å². The predicted molar refractivity (Wildman–Crippen MR) is 168 cm³/mol. The predicted octanol–water partition coefficient (Wildman–Crippen LogP) is 5.70. The number of pyridine rings is 1. The highest BCUT2D eigenvalue weighted by molar-refractivity contribution is 5.96. The Bertz CT molecular complexity index is 1780. The molecule has 1 amide bonds. The number of hydrogen-bond donors (Lipinski definition) is 1. The van der Waals surface area contributed by atoms with Crippen LogP contribution in [0.1, 0.15) is 47.9 Å². The summed E-state index contributed by atoms with van der Waals surface area (Å²) in [6, 6.07) is 11.6. The highest BCUT2D eigenvalue weighted by Gasteiger charge is 2.39. The standard InChI is InChI=1S/C36H36FN4O.H2/c1-5-24(17-31-23(2)13-26-14-28(26)19-36(31,4)21-38)34(42)39-22-35(3)10-9-25-7-8-32(40-33(25)20-35)27-15-29(37)18-30(16-27)41-11-6-12-41;/h5,7-9,14-18,20H,1,6,10-13,19,22H2,2-4H3,(H,39,42);1H/b24-17+;/t35?,36-;/m0./s1. The van der Waals surface area contributed by atoms with Crippen molar-refractivity contribution in [3.8, 4) is 17.3 Å². The van der Waals surface area contributed by atoms with Gasteiger partial charge in [-0.2, -0.15) is 5.26 Å². The molecule has 2 aromatic rings. The Labute approximate surface area is 248 Å². The SMILES string of the molecule is C=C/C(=C\C1=C(C)CC2=C([CH]2)C[C@@]1(C)C#N)C(=O)NCC1(C)C=c2nc(-c3cc(F)cc(N4CCC4)c3)ccc2=CC1.[HH]. The van der Waals surface area contributed by atoms with Crippen LogP contribution >= 0.6 is 0 Å². The first-order valence-electron chi connectivity index (χ1n) is 14.7. The molecule has 0 bridgehead atoms. The molecule has 6 heteroatoms. The van der Waals surface area contributed by atoms with Gasteiger partial charge in [0, 0.05) is 49.7 Å². The number of nitriles is 1. The van der Waals surface area contributed by atoms with Crippen molar-refractivity contribution < 1.29 is 10.6 Å². The van der Waals surface area contributed by atoms with E-state index in [1.807, 2.05) is 38.1 Å². The van der Waals surface area contributed by atoms with E-state index in [1.165, 1.54) is 17.2 Å². The smallest absolute Gasteiger partial charge is 0.251 e. The fraction of sp³-hybridized carbons (Fsp3) is 0.333. The van der Waals surface area contributed by atoms with Gasteiger partial charge in [0.15, 0.2) is 0 Å². The Kier molecular flexibility index (Phi) is 7.01. The number of amides is 1. The number of fused-ring (bicyclic) bond motifs is 1.